The monoisotopic (exact) mass is 379 g/mol. The van der Waals surface area contributed by atoms with Gasteiger partial charge in [0.25, 0.3) is 0 Å². The zero-order valence-corrected chi connectivity index (χ0v) is 15.7. The van der Waals surface area contributed by atoms with Crippen LogP contribution in [0.3, 0.4) is 0 Å². The molecule has 6 nitrogen and oxygen atoms in total. The Kier molecular flexibility index (Phi) is 5.39. The Labute approximate surface area is 164 Å². The lowest BCUT2D eigenvalue weighted by Crippen LogP contribution is -2.68. The van der Waals surface area contributed by atoms with Crippen LogP contribution in [0, 0.1) is 5.92 Å². The number of rotatable bonds is 7. The number of pyridine rings is 1. The molecule has 2 heterocycles. The van der Waals surface area contributed by atoms with Gasteiger partial charge < -0.3 is 15.3 Å². The fourth-order valence-corrected chi connectivity index (χ4v) is 4.13. The number of likely N-dealkylation sites (tertiary alicyclic amines) is 1. The van der Waals surface area contributed by atoms with Gasteiger partial charge >= 0.3 is 0 Å². The van der Waals surface area contributed by atoms with Crippen LogP contribution in [0.1, 0.15) is 29.9 Å². The number of nitrogens with zero attached hydrogens (tertiary/aromatic N) is 2. The summed E-state index contributed by atoms with van der Waals surface area (Å²) in [5.41, 5.74) is 1.92. The molecule has 1 aliphatic heterocycles. The molecule has 1 saturated heterocycles. The highest BCUT2D eigenvalue weighted by atomic mass is 16.3. The summed E-state index contributed by atoms with van der Waals surface area (Å²) < 4.78 is 0. The SMILES string of the molecule is O=C(NC[C@H]1[C@@H](c2ccccc2)[C@H](CO)N1C(=O)Cc1cccnc1)C1CC1. The van der Waals surface area contributed by atoms with Crippen molar-refractivity contribution in [2.24, 2.45) is 5.92 Å². The van der Waals surface area contributed by atoms with Gasteiger partial charge in [0.2, 0.25) is 11.8 Å². The number of hydrogen-bond acceptors (Lipinski definition) is 4. The highest BCUT2D eigenvalue weighted by Crippen LogP contribution is 2.41. The summed E-state index contributed by atoms with van der Waals surface area (Å²) in [6, 6.07) is 13.1. The minimum atomic E-state index is -0.283. The molecule has 2 fully saturated rings. The molecule has 1 saturated carbocycles. The second-order valence-electron chi connectivity index (χ2n) is 7.61. The van der Waals surface area contributed by atoms with Crippen LogP contribution >= 0.6 is 0 Å². The van der Waals surface area contributed by atoms with Crippen LogP contribution in [0.5, 0.6) is 0 Å². The van der Waals surface area contributed by atoms with E-state index >= 15 is 0 Å². The van der Waals surface area contributed by atoms with Gasteiger partial charge in [-0.2, -0.15) is 0 Å². The maximum Gasteiger partial charge on any atom is 0.227 e. The Bertz CT molecular complexity index is 823. The summed E-state index contributed by atoms with van der Waals surface area (Å²) in [7, 11) is 0. The van der Waals surface area contributed by atoms with E-state index in [2.05, 4.69) is 10.3 Å². The zero-order chi connectivity index (χ0) is 19.5. The first-order valence-corrected chi connectivity index (χ1v) is 9.82. The largest absolute Gasteiger partial charge is 0.394 e. The molecule has 0 unspecified atom stereocenters. The van der Waals surface area contributed by atoms with Crippen LogP contribution in [0.2, 0.25) is 0 Å². The van der Waals surface area contributed by atoms with E-state index < -0.39 is 0 Å². The molecule has 1 aliphatic carbocycles. The molecule has 0 bridgehead atoms. The number of amides is 2. The van der Waals surface area contributed by atoms with Crippen molar-refractivity contribution in [3.8, 4) is 0 Å². The minimum Gasteiger partial charge on any atom is -0.394 e. The second kappa shape index (κ2) is 8.10. The number of carbonyl (C=O) groups is 2. The number of aromatic nitrogens is 1. The summed E-state index contributed by atoms with van der Waals surface area (Å²) in [5, 5.41) is 13.0. The first kappa shape index (κ1) is 18.6. The lowest BCUT2D eigenvalue weighted by Gasteiger charge is -2.55. The molecule has 146 valence electrons. The molecule has 0 radical (unpaired) electrons. The van der Waals surface area contributed by atoms with Crippen molar-refractivity contribution < 1.29 is 14.7 Å². The summed E-state index contributed by atoms with van der Waals surface area (Å²) in [6.45, 7) is 0.301. The number of aliphatic hydroxyl groups is 1. The molecule has 3 atom stereocenters. The van der Waals surface area contributed by atoms with E-state index in [-0.39, 0.29) is 48.8 Å². The fraction of sp³-hybridized carbons (Fsp3) is 0.409. The van der Waals surface area contributed by atoms with Crippen LogP contribution in [-0.2, 0) is 16.0 Å². The molecular formula is C22H25N3O3. The van der Waals surface area contributed by atoms with E-state index in [1.54, 1.807) is 17.3 Å². The standard InChI is InChI=1S/C22H25N3O3/c26-14-19-21(16-6-2-1-3-7-16)18(13-24-22(28)17-8-9-17)25(19)20(27)11-15-5-4-10-23-12-15/h1-7,10,12,17-19,21,26H,8-9,11,13-14H2,(H,24,28)/t18-,19-,21+/m0/s1. The highest BCUT2D eigenvalue weighted by molar-refractivity contribution is 5.82. The molecule has 2 aromatic rings. The van der Waals surface area contributed by atoms with E-state index in [4.69, 9.17) is 0 Å². The summed E-state index contributed by atoms with van der Waals surface area (Å²) >= 11 is 0. The number of benzene rings is 1. The van der Waals surface area contributed by atoms with Gasteiger partial charge in [0.1, 0.15) is 0 Å². The number of aliphatic hydroxyl groups excluding tert-OH is 1. The number of nitrogens with one attached hydrogen (secondary N) is 1. The van der Waals surface area contributed by atoms with Crippen LogP contribution in [-0.4, -0.2) is 52.0 Å². The predicted octanol–water partition coefficient (Wildman–Crippen LogP) is 1.51. The van der Waals surface area contributed by atoms with Crippen LogP contribution in [0.15, 0.2) is 54.9 Å². The normalized spacial score (nSPS) is 23.8. The van der Waals surface area contributed by atoms with Crippen molar-refractivity contribution in [1.82, 2.24) is 15.2 Å². The summed E-state index contributed by atoms with van der Waals surface area (Å²) in [4.78, 5) is 31.0. The average molecular weight is 379 g/mol. The highest BCUT2D eigenvalue weighted by Gasteiger charge is 2.51. The number of hydrogen-bond donors (Lipinski definition) is 2. The maximum absolute atomic E-state index is 13.0. The number of carbonyl (C=O) groups excluding carboxylic acids is 2. The van der Waals surface area contributed by atoms with Crippen molar-refractivity contribution >= 4 is 11.8 Å². The van der Waals surface area contributed by atoms with Crippen LogP contribution in [0.25, 0.3) is 0 Å². The van der Waals surface area contributed by atoms with Gasteiger partial charge in [-0.15, -0.1) is 0 Å². The Balaban J connectivity index is 1.53. The van der Waals surface area contributed by atoms with E-state index in [0.717, 1.165) is 24.0 Å². The maximum atomic E-state index is 13.0. The quantitative estimate of drug-likeness (QED) is 0.764. The Morgan fingerprint density at radius 2 is 1.89 bits per heavy atom. The Hall–Kier alpha value is -2.73. The molecular weight excluding hydrogens is 354 g/mol. The van der Waals surface area contributed by atoms with Gasteiger partial charge in [0, 0.05) is 30.8 Å². The van der Waals surface area contributed by atoms with E-state index in [1.165, 1.54) is 0 Å². The van der Waals surface area contributed by atoms with Crippen LogP contribution in [0.4, 0.5) is 0 Å². The van der Waals surface area contributed by atoms with Crippen molar-refractivity contribution in [1.29, 1.82) is 0 Å². The van der Waals surface area contributed by atoms with Crippen LogP contribution < -0.4 is 5.32 Å². The molecule has 1 aromatic carbocycles. The molecule has 0 spiro atoms. The molecule has 2 amide bonds. The van der Waals surface area contributed by atoms with Crippen molar-refractivity contribution in [3.63, 3.8) is 0 Å². The average Bonchev–Trinajstić information content (AvgIpc) is 3.54. The molecule has 28 heavy (non-hydrogen) atoms. The zero-order valence-electron chi connectivity index (χ0n) is 15.7. The molecule has 1 aromatic heterocycles. The topological polar surface area (TPSA) is 82.5 Å². The Morgan fingerprint density at radius 1 is 1.11 bits per heavy atom. The van der Waals surface area contributed by atoms with E-state index in [1.807, 2.05) is 42.5 Å². The van der Waals surface area contributed by atoms with Gasteiger partial charge in [0.05, 0.1) is 25.1 Å². The second-order valence-corrected chi connectivity index (χ2v) is 7.61. The van der Waals surface area contributed by atoms with Gasteiger partial charge in [-0.1, -0.05) is 36.4 Å². The fourth-order valence-electron chi connectivity index (χ4n) is 4.13. The first-order chi connectivity index (χ1) is 13.7. The van der Waals surface area contributed by atoms with Gasteiger partial charge in [0.15, 0.2) is 0 Å². The molecule has 4 rings (SSSR count). The van der Waals surface area contributed by atoms with Gasteiger partial charge in [-0.05, 0) is 30.0 Å². The van der Waals surface area contributed by atoms with E-state index in [0.29, 0.717) is 6.54 Å². The predicted molar refractivity (Wildman–Crippen MR) is 104 cm³/mol. The summed E-state index contributed by atoms with van der Waals surface area (Å²) in [6.07, 6.45) is 5.49. The molecule has 6 heteroatoms. The Morgan fingerprint density at radius 3 is 2.54 bits per heavy atom. The van der Waals surface area contributed by atoms with Gasteiger partial charge in [-0.3, -0.25) is 14.6 Å². The molecule has 2 N–H and O–H groups in total. The van der Waals surface area contributed by atoms with Crippen molar-refractivity contribution in [3.05, 3.63) is 66.0 Å². The van der Waals surface area contributed by atoms with Gasteiger partial charge in [-0.25, -0.2) is 0 Å². The third-order valence-electron chi connectivity index (χ3n) is 5.71. The van der Waals surface area contributed by atoms with E-state index in [9.17, 15) is 14.7 Å². The smallest absolute Gasteiger partial charge is 0.227 e. The first-order valence-electron chi connectivity index (χ1n) is 9.82. The third-order valence-corrected chi connectivity index (χ3v) is 5.71. The lowest BCUT2D eigenvalue weighted by molar-refractivity contribution is -0.150. The summed E-state index contributed by atoms with van der Waals surface area (Å²) in [5.74, 6) is 0.149. The van der Waals surface area contributed by atoms with Crippen molar-refractivity contribution in [2.75, 3.05) is 13.2 Å². The van der Waals surface area contributed by atoms with Crippen molar-refractivity contribution in [2.45, 2.75) is 37.3 Å². The molecule has 2 aliphatic rings. The third kappa shape index (κ3) is 3.78. The minimum absolute atomic E-state index is 0.00329. The lowest BCUT2D eigenvalue weighted by atomic mass is 9.74.